The summed E-state index contributed by atoms with van der Waals surface area (Å²) < 4.78 is 13.3. The Balaban J connectivity index is 1.79. The van der Waals surface area contributed by atoms with Gasteiger partial charge < -0.3 is 16.0 Å². The van der Waals surface area contributed by atoms with Crippen LogP contribution in [0.3, 0.4) is 0 Å². The van der Waals surface area contributed by atoms with E-state index in [1.165, 1.54) is 18.5 Å². The number of halogens is 2. The second-order valence-corrected chi connectivity index (χ2v) is 5.66. The Morgan fingerprint density at radius 1 is 1.19 bits per heavy atom. The molecule has 0 saturated heterocycles. The first-order valence-electron chi connectivity index (χ1n) is 7.78. The summed E-state index contributed by atoms with van der Waals surface area (Å²) in [7, 11) is 0. The number of carbonyl (C=O) groups excluding carboxylic acids is 1. The molecule has 0 aliphatic rings. The third-order valence-corrected chi connectivity index (χ3v) is 3.71. The number of nitrogens with one attached hydrogen (secondary N) is 3. The van der Waals surface area contributed by atoms with E-state index >= 15 is 0 Å². The van der Waals surface area contributed by atoms with Crippen LogP contribution in [-0.4, -0.2) is 39.4 Å². The van der Waals surface area contributed by atoms with E-state index in [9.17, 15) is 9.18 Å². The second-order valence-electron chi connectivity index (χ2n) is 5.26. The van der Waals surface area contributed by atoms with Gasteiger partial charge in [0.1, 0.15) is 23.2 Å². The minimum absolute atomic E-state index is 0.00859. The fraction of sp³-hybridized carbons (Fsp3) is 0.188. The number of anilines is 3. The van der Waals surface area contributed by atoms with Crippen molar-refractivity contribution in [3.05, 3.63) is 41.6 Å². The van der Waals surface area contributed by atoms with E-state index in [2.05, 4.69) is 35.9 Å². The zero-order valence-corrected chi connectivity index (χ0v) is 14.3. The third-order valence-electron chi connectivity index (χ3n) is 3.42. The van der Waals surface area contributed by atoms with Gasteiger partial charge in [0.25, 0.3) is 0 Å². The molecule has 2 heterocycles. The van der Waals surface area contributed by atoms with Crippen molar-refractivity contribution < 1.29 is 9.18 Å². The molecular formula is C16H15ClFN7O. The van der Waals surface area contributed by atoms with Gasteiger partial charge in [-0.25, -0.2) is 24.3 Å². The van der Waals surface area contributed by atoms with E-state index in [0.29, 0.717) is 48.0 Å². The smallest absolute Gasteiger partial charge is 0.223 e. The molecule has 0 saturated carbocycles. The first-order chi connectivity index (χ1) is 12.7. The van der Waals surface area contributed by atoms with Crippen molar-refractivity contribution >= 4 is 46.5 Å². The third kappa shape index (κ3) is 4.31. The first-order valence-corrected chi connectivity index (χ1v) is 8.16. The predicted octanol–water partition coefficient (Wildman–Crippen LogP) is 2.50. The lowest BCUT2D eigenvalue weighted by molar-refractivity contribution is -0.109. The van der Waals surface area contributed by atoms with Crippen LogP contribution in [0.1, 0.15) is 6.42 Å². The van der Waals surface area contributed by atoms with Gasteiger partial charge in [0.15, 0.2) is 5.82 Å². The molecule has 10 heteroatoms. The molecular weight excluding hydrogens is 361 g/mol. The number of hydrogen-bond acceptors (Lipinski definition) is 7. The molecule has 8 nitrogen and oxygen atoms in total. The molecule has 3 aromatic rings. The molecule has 0 spiro atoms. The van der Waals surface area contributed by atoms with Crippen molar-refractivity contribution in [1.29, 1.82) is 0 Å². The summed E-state index contributed by atoms with van der Waals surface area (Å²) in [5.74, 6) is 0.368. The van der Waals surface area contributed by atoms with Crippen LogP contribution < -0.4 is 16.0 Å². The van der Waals surface area contributed by atoms with Gasteiger partial charge in [0.2, 0.25) is 12.4 Å². The van der Waals surface area contributed by atoms with Crippen molar-refractivity contribution in [2.75, 3.05) is 23.7 Å². The summed E-state index contributed by atoms with van der Waals surface area (Å²) in [5.41, 5.74) is 1.64. The van der Waals surface area contributed by atoms with E-state index < -0.39 is 5.82 Å². The molecule has 0 bridgehead atoms. The van der Waals surface area contributed by atoms with Gasteiger partial charge in [-0.05, 0) is 24.6 Å². The Kier molecular flexibility index (Phi) is 5.69. The van der Waals surface area contributed by atoms with Crippen molar-refractivity contribution in [1.82, 2.24) is 25.3 Å². The zero-order valence-electron chi connectivity index (χ0n) is 13.5. The van der Waals surface area contributed by atoms with Crippen LogP contribution in [-0.2, 0) is 4.79 Å². The molecule has 26 heavy (non-hydrogen) atoms. The van der Waals surface area contributed by atoms with Gasteiger partial charge in [-0.1, -0.05) is 11.6 Å². The lowest BCUT2D eigenvalue weighted by Crippen LogP contribution is -2.16. The average molecular weight is 376 g/mol. The molecule has 1 aromatic carbocycles. The predicted molar refractivity (Wildman–Crippen MR) is 97.0 cm³/mol. The highest BCUT2D eigenvalue weighted by Gasteiger charge is 2.09. The summed E-state index contributed by atoms with van der Waals surface area (Å²) in [6, 6.07) is 4.28. The molecule has 0 radical (unpaired) electrons. The minimum Gasteiger partial charge on any atom is -0.359 e. The first kappa shape index (κ1) is 17.7. The average Bonchev–Trinajstić information content (AvgIpc) is 2.65. The number of benzene rings is 1. The molecule has 134 valence electrons. The fourth-order valence-corrected chi connectivity index (χ4v) is 2.37. The Morgan fingerprint density at radius 3 is 2.88 bits per heavy atom. The van der Waals surface area contributed by atoms with Crippen LogP contribution in [0.5, 0.6) is 0 Å². The quantitative estimate of drug-likeness (QED) is 0.410. The number of carbonyl (C=O) groups is 1. The molecule has 0 aliphatic heterocycles. The van der Waals surface area contributed by atoms with Crippen LogP contribution >= 0.6 is 11.6 Å². The SMILES string of the molecule is O=CNCCCNc1ncc2ncnc(Nc3ccc(F)c(Cl)c3)c2n1. The van der Waals surface area contributed by atoms with Crippen LogP contribution in [0, 0.1) is 5.82 Å². The monoisotopic (exact) mass is 375 g/mol. The highest BCUT2D eigenvalue weighted by molar-refractivity contribution is 6.31. The molecule has 0 fully saturated rings. The summed E-state index contributed by atoms with van der Waals surface area (Å²) in [5, 5.41) is 8.72. The maximum atomic E-state index is 13.3. The molecule has 3 N–H and O–H groups in total. The maximum Gasteiger partial charge on any atom is 0.223 e. The van der Waals surface area contributed by atoms with Gasteiger partial charge in [0, 0.05) is 18.8 Å². The second kappa shape index (κ2) is 8.34. The van der Waals surface area contributed by atoms with Crippen molar-refractivity contribution in [3.63, 3.8) is 0 Å². The highest BCUT2D eigenvalue weighted by atomic mass is 35.5. The van der Waals surface area contributed by atoms with E-state index in [-0.39, 0.29) is 5.02 Å². The van der Waals surface area contributed by atoms with Gasteiger partial charge in [-0.2, -0.15) is 0 Å². The standard InChI is InChI=1S/C16H15ClFN7O/c17-11-6-10(2-3-12(11)18)24-15-14-13(22-8-23-15)7-21-16(25-14)20-5-1-4-19-9-26/h2-3,6-9H,1,4-5H2,(H,19,26)(H,20,21,25)(H,22,23,24). The number of fused-ring (bicyclic) bond motifs is 1. The minimum atomic E-state index is -0.498. The van der Waals surface area contributed by atoms with E-state index in [1.54, 1.807) is 12.3 Å². The Bertz CT molecular complexity index is 924. The van der Waals surface area contributed by atoms with Gasteiger partial charge in [0.05, 0.1) is 11.2 Å². The van der Waals surface area contributed by atoms with E-state index in [1.807, 2.05) is 0 Å². The Hall–Kier alpha value is -3.07. The lowest BCUT2D eigenvalue weighted by atomic mass is 10.3. The van der Waals surface area contributed by atoms with Gasteiger partial charge in [-0.15, -0.1) is 0 Å². The van der Waals surface area contributed by atoms with Crippen molar-refractivity contribution in [3.8, 4) is 0 Å². The summed E-state index contributed by atoms with van der Waals surface area (Å²) in [6.07, 6.45) is 4.35. The number of amides is 1. The van der Waals surface area contributed by atoms with Crippen LogP contribution in [0.25, 0.3) is 11.0 Å². The Morgan fingerprint density at radius 2 is 2.08 bits per heavy atom. The normalized spacial score (nSPS) is 10.5. The largest absolute Gasteiger partial charge is 0.359 e. The lowest BCUT2D eigenvalue weighted by Gasteiger charge is -2.10. The number of aromatic nitrogens is 4. The topological polar surface area (TPSA) is 105 Å². The highest BCUT2D eigenvalue weighted by Crippen LogP contribution is 2.25. The van der Waals surface area contributed by atoms with Gasteiger partial charge >= 0.3 is 0 Å². The molecule has 1 amide bonds. The van der Waals surface area contributed by atoms with Crippen molar-refractivity contribution in [2.24, 2.45) is 0 Å². The summed E-state index contributed by atoms with van der Waals surface area (Å²) in [4.78, 5) is 27.2. The molecule has 0 atom stereocenters. The van der Waals surface area contributed by atoms with E-state index in [0.717, 1.165) is 6.42 Å². The van der Waals surface area contributed by atoms with Crippen LogP contribution in [0.15, 0.2) is 30.7 Å². The molecule has 0 aliphatic carbocycles. The van der Waals surface area contributed by atoms with E-state index in [4.69, 9.17) is 11.6 Å². The summed E-state index contributed by atoms with van der Waals surface area (Å²) in [6.45, 7) is 1.15. The number of hydrogen-bond donors (Lipinski definition) is 3. The Labute approximate surface area is 153 Å². The number of rotatable bonds is 8. The number of nitrogens with zero attached hydrogens (tertiary/aromatic N) is 4. The molecule has 0 unspecified atom stereocenters. The summed E-state index contributed by atoms with van der Waals surface area (Å²) >= 11 is 5.81. The van der Waals surface area contributed by atoms with Crippen molar-refractivity contribution in [2.45, 2.75) is 6.42 Å². The molecule has 3 rings (SSSR count). The fourth-order valence-electron chi connectivity index (χ4n) is 2.19. The van der Waals surface area contributed by atoms with Gasteiger partial charge in [-0.3, -0.25) is 4.79 Å². The molecule has 2 aromatic heterocycles. The van der Waals surface area contributed by atoms with Crippen LogP contribution in [0.2, 0.25) is 5.02 Å². The van der Waals surface area contributed by atoms with Crippen LogP contribution in [0.4, 0.5) is 21.8 Å². The maximum absolute atomic E-state index is 13.3. The zero-order chi connectivity index (χ0) is 18.4.